The van der Waals surface area contributed by atoms with E-state index in [1.807, 2.05) is 6.92 Å². The lowest BCUT2D eigenvalue weighted by molar-refractivity contribution is -0.145. The van der Waals surface area contributed by atoms with Crippen LogP contribution in [0.2, 0.25) is 0 Å². The normalized spacial score (nSPS) is 20.7. The first kappa shape index (κ1) is 13.5. The van der Waals surface area contributed by atoms with Gasteiger partial charge >= 0.3 is 5.97 Å². The highest BCUT2D eigenvalue weighted by Crippen LogP contribution is 2.36. The molecule has 1 aliphatic rings. The lowest BCUT2D eigenvalue weighted by atomic mass is 9.76. The molecule has 16 heavy (non-hydrogen) atoms. The molecule has 0 unspecified atom stereocenters. The summed E-state index contributed by atoms with van der Waals surface area (Å²) in [6, 6.07) is 0. The van der Waals surface area contributed by atoms with Crippen molar-refractivity contribution in [1.29, 1.82) is 0 Å². The summed E-state index contributed by atoms with van der Waals surface area (Å²) >= 11 is 0. The van der Waals surface area contributed by atoms with Gasteiger partial charge in [0.2, 0.25) is 0 Å². The number of ether oxygens (including phenoxy) is 2. The van der Waals surface area contributed by atoms with E-state index in [-0.39, 0.29) is 5.97 Å². The van der Waals surface area contributed by atoms with Crippen LogP contribution in [0.25, 0.3) is 0 Å². The van der Waals surface area contributed by atoms with Crippen molar-refractivity contribution in [3.8, 4) is 0 Å². The summed E-state index contributed by atoms with van der Waals surface area (Å²) in [6.07, 6.45) is 5.41. The first-order chi connectivity index (χ1) is 7.53. The highest BCUT2D eigenvalue weighted by Gasteiger charge is 2.27. The lowest BCUT2D eigenvalue weighted by Gasteiger charge is -2.34. The Balaban J connectivity index is 2.09. The monoisotopic (exact) mass is 228 g/mol. The van der Waals surface area contributed by atoms with E-state index in [2.05, 4.69) is 13.8 Å². The van der Waals surface area contributed by atoms with Crippen LogP contribution in [0.3, 0.4) is 0 Å². The highest BCUT2D eigenvalue weighted by atomic mass is 16.5. The largest absolute Gasteiger partial charge is 0.466 e. The molecule has 0 amide bonds. The number of hydrogen-bond acceptors (Lipinski definition) is 3. The van der Waals surface area contributed by atoms with E-state index in [0.717, 1.165) is 12.8 Å². The van der Waals surface area contributed by atoms with Crippen molar-refractivity contribution < 1.29 is 14.3 Å². The molecule has 0 spiro atoms. The van der Waals surface area contributed by atoms with E-state index in [1.165, 1.54) is 12.8 Å². The van der Waals surface area contributed by atoms with Crippen LogP contribution in [0.15, 0.2) is 0 Å². The quantitative estimate of drug-likeness (QED) is 0.679. The predicted molar refractivity (Wildman–Crippen MR) is 63.2 cm³/mol. The minimum atomic E-state index is -0.154. The molecule has 94 valence electrons. The zero-order valence-electron chi connectivity index (χ0n) is 10.8. The number of carbonyl (C=O) groups excluding carboxylic acids is 1. The Morgan fingerprint density at radius 3 is 2.50 bits per heavy atom. The zero-order chi connectivity index (χ0) is 12.0. The van der Waals surface area contributed by atoms with Gasteiger partial charge in [0.25, 0.3) is 0 Å². The van der Waals surface area contributed by atoms with Crippen LogP contribution < -0.4 is 0 Å². The summed E-state index contributed by atoms with van der Waals surface area (Å²) in [5.41, 5.74) is 0.473. The van der Waals surface area contributed by atoms with E-state index in [1.54, 1.807) is 0 Å². The molecule has 3 nitrogen and oxygen atoms in total. The molecule has 0 aromatic carbocycles. The summed E-state index contributed by atoms with van der Waals surface area (Å²) in [5, 5.41) is 0. The topological polar surface area (TPSA) is 35.5 Å². The predicted octanol–water partition coefficient (Wildman–Crippen LogP) is 2.93. The number of esters is 1. The number of rotatable bonds is 5. The first-order valence-corrected chi connectivity index (χ1v) is 6.31. The van der Waals surface area contributed by atoms with Crippen LogP contribution in [-0.4, -0.2) is 25.3 Å². The molecule has 0 aliphatic heterocycles. The molecule has 3 heteroatoms. The van der Waals surface area contributed by atoms with Gasteiger partial charge in [-0.2, -0.15) is 0 Å². The maximum atomic E-state index is 11.1. The van der Waals surface area contributed by atoms with Gasteiger partial charge in [0.1, 0.15) is 0 Å². The molecule has 0 bridgehead atoms. The van der Waals surface area contributed by atoms with Crippen molar-refractivity contribution >= 4 is 5.97 Å². The summed E-state index contributed by atoms with van der Waals surface area (Å²) in [6.45, 7) is 7.39. The third-order valence-electron chi connectivity index (χ3n) is 3.25. The molecule has 0 atom stereocenters. The van der Waals surface area contributed by atoms with Crippen LogP contribution in [-0.2, 0) is 14.3 Å². The average Bonchev–Trinajstić information content (AvgIpc) is 2.21. The second-order valence-electron chi connectivity index (χ2n) is 5.29. The Bertz CT molecular complexity index is 213. The Morgan fingerprint density at radius 1 is 1.31 bits per heavy atom. The van der Waals surface area contributed by atoms with Crippen LogP contribution >= 0.6 is 0 Å². The van der Waals surface area contributed by atoms with Crippen molar-refractivity contribution in [1.82, 2.24) is 0 Å². The fourth-order valence-corrected chi connectivity index (χ4v) is 2.08. The Hall–Kier alpha value is -0.570. The molecular formula is C13H24O3. The number of hydrogen-bond donors (Lipinski definition) is 0. The molecule has 0 saturated heterocycles. The average molecular weight is 228 g/mol. The summed E-state index contributed by atoms with van der Waals surface area (Å²) < 4.78 is 10.5. The third-order valence-corrected chi connectivity index (χ3v) is 3.25. The van der Waals surface area contributed by atoms with Gasteiger partial charge in [0.05, 0.1) is 25.7 Å². The second kappa shape index (κ2) is 6.24. The van der Waals surface area contributed by atoms with Crippen LogP contribution in [0.5, 0.6) is 0 Å². The van der Waals surface area contributed by atoms with Crippen LogP contribution in [0.4, 0.5) is 0 Å². The molecule has 0 aromatic heterocycles. The minimum Gasteiger partial charge on any atom is -0.466 e. The molecule has 0 aromatic rings. The van der Waals surface area contributed by atoms with Gasteiger partial charge in [0, 0.05) is 0 Å². The maximum absolute atomic E-state index is 11.1. The van der Waals surface area contributed by atoms with E-state index in [0.29, 0.717) is 31.2 Å². The van der Waals surface area contributed by atoms with E-state index < -0.39 is 0 Å². The van der Waals surface area contributed by atoms with Crippen molar-refractivity contribution in [3.63, 3.8) is 0 Å². The highest BCUT2D eigenvalue weighted by molar-refractivity contribution is 5.69. The van der Waals surface area contributed by atoms with Gasteiger partial charge in [-0.25, -0.2) is 0 Å². The summed E-state index contributed by atoms with van der Waals surface area (Å²) in [7, 11) is 0. The SMILES string of the molecule is CCOC(=O)CCOC1CCC(C)(C)CC1. The van der Waals surface area contributed by atoms with Gasteiger partial charge in [-0.15, -0.1) is 0 Å². The molecule has 0 radical (unpaired) electrons. The van der Waals surface area contributed by atoms with Crippen molar-refractivity contribution in [2.45, 2.75) is 59.0 Å². The summed E-state index contributed by atoms with van der Waals surface area (Å²) in [4.78, 5) is 11.1. The minimum absolute atomic E-state index is 0.154. The van der Waals surface area contributed by atoms with Crippen LogP contribution in [0, 0.1) is 5.41 Å². The zero-order valence-corrected chi connectivity index (χ0v) is 10.8. The van der Waals surface area contributed by atoms with Crippen molar-refractivity contribution in [3.05, 3.63) is 0 Å². The molecule has 0 N–H and O–H groups in total. The van der Waals surface area contributed by atoms with Gasteiger partial charge in [-0.1, -0.05) is 13.8 Å². The van der Waals surface area contributed by atoms with E-state index in [9.17, 15) is 4.79 Å². The van der Waals surface area contributed by atoms with E-state index in [4.69, 9.17) is 9.47 Å². The Labute approximate surface area is 98.5 Å². The van der Waals surface area contributed by atoms with Gasteiger partial charge < -0.3 is 9.47 Å². The van der Waals surface area contributed by atoms with Gasteiger partial charge in [-0.3, -0.25) is 4.79 Å². The maximum Gasteiger partial charge on any atom is 0.308 e. The fourth-order valence-electron chi connectivity index (χ4n) is 2.08. The van der Waals surface area contributed by atoms with Crippen LogP contribution in [0.1, 0.15) is 52.9 Å². The van der Waals surface area contributed by atoms with Crippen molar-refractivity contribution in [2.24, 2.45) is 5.41 Å². The lowest BCUT2D eigenvalue weighted by Crippen LogP contribution is -2.27. The van der Waals surface area contributed by atoms with Gasteiger partial charge in [-0.05, 0) is 38.0 Å². The second-order valence-corrected chi connectivity index (χ2v) is 5.29. The van der Waals surface area contributed by atoms with Crippen molar-refractivity contribution in [2.75, 3.05) is 13.2 Å². The smallest absolute Gasteiger partial charge is 0.308 e. The molecule has 1 rings (SSSR count). The fraction of sp³-hybridized carbons (Fsp3) is 0.923. The standard InChI is InChI=1S/C13H24O3/c1-4-15-12(14)7-10-16-11-5-8-13(2,3)9-6-11/h11H,4-10H2,1-3H3. The molecule has 1 saturated carbocycles. The molecule has 1 fully saturated rings. The Kier molecular flexibility index (Phi) is 5.26. The third kappa shape index (κ3) is 4.97. The molecular weight excluding hydrogens is 204 g/mol. The van der Waals surface area contributed by atoms with Gasteiger partial charge in [0.15, 0.2) is 0 Å². The number of carbonyl (C=O) groups is 1. The first-order valence-electron chi connectivity index (χ1n) is 6.31. The van der Waals surface area contributed by atoms with E-state index >= 15 is 0 Å². The summed E-state index contributed by atoms with van der Waals surface area (Å²) in [5.74, 6) is -0.154. The Morgan fingerprint density at radius 2 is 1.94 bits per heavy atom. The molecule has 1 aliphatic carbocycles. The molecule has 0 heterocycles.